The van der Waals surface area contributed by atoms with Gasteiger partial charge in [-0.1, -0.05) is 0 Å². The lowest BCUT2D eigenvalue weighted by molar-refractivity contribution is -0.125. The maximum absolute atomic E-state index is 10.6. The molecule has 0 bridgehead atoms. The molecule has 52 valence electrons. The van der Waals surface area contributed by atoms with Crippen LogP contribution in [-0.2, 0) is 14.4 Å². The van der Waals surface area contributed by atoms with Gasteiger partial charge >= 0.3 is 0 Å². The Kier molecular flexibility index (Phi) is 1.76. The van der Waals surface area contributed by atoms with Crippen LogP contribution in [0.15, 0.2) is 11.6 Å². The van der Waals surface area contributed by atoms with Crippen LogP contribution < -0.4 is 0 Å². The Morgan fingerprint density at radius 3 is 2.50 bits per heavy atom. The first-order valence-electron chi connectivity index (χ1n) is 2.92. The first kappa shape index (κ1) is 6.86. The molecule has 3 heteroatoms. The van der Waals surface area contributed by atoms with Gasteiger partial charge in [0.2, 0.25) is 0 Å². The molecule has 0 atom stereocenters. The molecule has 3 nitrogen and oxygen atoms in total. The molecule has 0 saturated carbocycles. The standard InChI is InChI=1S/C7H6O3/c8-4-5-1-6(9)3-7(10)2-5/h1,4H,2-3H2. The van der Waals surface area contributed by atoms with Crippen LogP contribution in [0.2, 0.25) is 0 Å². The third-order valence-electron chi connectivity index (χ3n) is 1.27. The van der Waals surface area contributed by atoms with Gasteiger partial charge in [0, 0.05) is 12.0 Å². The number of carbonyl (C=O) groups is 3. The van der Waals surface area contributed by atoms with Crippen LogP contribution in [0, 0.1) is 0 Å². The summed E-state index contributed by atoms with van der Waals surface area (Å²) in [6, 6.07) is 0. The first-order chi connectivity index (χ1) is 4.72. The normalized spacial score (nSPS) is 18.6. The fourth-order valence-electron chi connectivity index (χ4n) is 0.869. The van der Waals surface area contributed by atoms with Gasteiger partial charge in [-0.2, -0.15) is 0 Å². The average molecular weight is 138 g/mol. The molecule has 1 aliphatic rings. The van der Waals surface area contributed by atoms with E-state index in [0.717, 1.165) is 0 Å². The van der Waals surface area contributed by atoms with Gasteiger partial charge in [-0.15, -0.1) is 0 Å². The predicted molar refractivity (Wildman–Crippen MR) is 33.4 cm³/mol. The third kappa shape index (κ3) is 1.37. The van der Waals surface area contributed by atoms with Gasteiger partial charge in [-0.05, 0) is 6.08 Å². The van der Waals surface area contributed by atoms with Crippen molar-refractivity contribution >= 4 is 17.9 Å². The molecule has 0 aromatic rings. The molecule has 0 saturated heterocycles. The maximum atomic E-state index is 10.6. The number of allylic oxidation sites excluding steroid dienone is 2. The lowest BCUT2D eigenvalue weighted by Crippen LogP contribution is -2.13. The molecule has 0 radical (unpaired) electrons. The summed E-state index contributed by atoms with van der Waals surface area (Å²) in [7, 11) is 0. The van der Waals surface area contributed by atoms with Crippen LogP contribution >= 0.6 is 0 Å². The van der Waals surface area contributed by atoms with Crippen molar-refractivity contribution in [2.24, 2.45) is 0 Å². The summed E-state index contributed by atoms with van der Waals surface area (Å²) in [5.41, 5.74) is 0.293. The highest BCUT2D eigenvalue weighted by atomic mass is 16.1. The van der Waals surface area contributed by atoms with Crippen molar-refractivity contribution in [3.63, 3.8) is 0 Å². The van der Waals surface area contributed by atoms with E-state index in [1.165, 1.54) is 6.08 Å². The van der Waals surface area contributed by atoms with E-state index in [-0.39, 0.29) is 24.4 Å². The molecule has 0 aromatic carbocycles. The van der Waals surface area contributed by atoms with E-state index < -0.39 is 0 Å². The van der Waals surface area contributed by atoms with Gasteiger partial charge in [0.05, 0.1) is 6.42 Å². The van der Waals surface area contributed by atoms with Crippen molar-refractivity contribution < 1.29 is 14.4 Å². The number of aldehydes is 1. The largest absolute Gasteiger partial charge is 0.299 e. The zero-order valence-electron chi connectivity index (χ0n) is 5.29. The lowest BCUT2D eigenvalue weighted by atomic mass is 9.99. The number of hydrogen-bond acceptors (Lipinski definition) is 3. The van der Waals surface area contributed by atoms with Crippen LogP contribution in [0.4, 0.5) is 0 Å². The topological polar surface area (TPSA) is 51.2 Å². The summed E-state index contributed by atoms with van der Waals surface area (Å²) < 4.78 is 0. The van der Waals surface area contributed by atoms with Crippen molar-refractivity contribution in [2.45, 2.75) is 12.8 Å². The second kappa shape index (κ2) is 2.56. The Bertz CT molecular complexity index is 225. The van der Waals surface area contributed by atoms with Gasteiger partial charge < -0.3 is 0 Å². The smallest absolute Gasteiger partial charge is 0.163 e. The Labute approximate surface area is 57.7 Å². The predicted octanol–water partition coefficient (Wildman–Crippen LogP) is 0.0437. The van der Waals surface area contributed by atoms with Gasteiger partial charge in [0.25, 0.3) is 0 Å². The molecule has 0 fully saturated rings. The van der Waals surface area contributed by atoms with Crippen molar-refractivity contribution in [3.05, 3.63) is 11.6 Å². The molecule has 0 heterocycles. The third-order valence-corrected chi connectivity index (χ3v) is 1.27. The van der Waals surface area contributed by atoms with Gasteiger partial charge in [0.15, 0.2) is 5.78 Å². The fourth-order valence-corrected chi connectivity index (χ4v) is 0.869. The van der Waals surface area contributed by atoms with E-state index in [9.17, 15) is 14.4 Å². The van der Waals surface area contributed by atoms with Gasteiger partial charge in [-0.25, -0.2) is 0 Å². The van der Waals surface area contributed by atoms with Crippen LogP contribution in [-0.4, -0.2) is 17.9 Å². The van der Waals surface area contributed by atoms with Crippen LogP contribution in [0.25, 0.3) is 0 Å². The lowest BCUT2D eigenvalue weighted by Gasteiger charge is -2.03. The Balaban J connectivity index is 2.84. The average Bonchev–Trinajstić information content (AvgIpc) is 1.85. The van der Waals surface area contributed by atoms with E-state index in [4.69, 9.17) is 0 Å². The van der Waals surface area contributed by atoms with Crippen LogP contribution in [0.3, 0.4) is 0 Å². The highest BCUT2D eigenvalue weighted by Crippen LogP contribution is 2.08. The summed E-state index contributed by atoms with van der Waals surface area (Å²) in [6.45, 7) is 0. The number of Topliss-reactive ketones (excluding diaryl/α,β-unsaturated/α-hetero) is 1. The second-order valence-electron chi connectivity index (χ2n) is 2.20. The summed E-state index contributed by atoms with van der Waals surface area (Å²) in [4.78, 5) is 31.3. The fraction of sp³-hybridized carbons (Fsp3) is 0.286. The number of hydrogen-bond donors (Lipinski definition) is 0. The second-order valence-corrected chi connectivity index (χ2v) is 2.20. The zero-order chi connectivity index (χ0) is 7.56. The van der Waals surface area contributed by atoms with Crippen molar-refractivity contribution in [2.75, 3.05) is 0 Å². The quantitative estimate of drug-likeness (QED) is 0.380. The number of rotatable bonds is 1. The molecule has 0 N–H and O–H groups in total. The Morgan fingerprint density at radius 1 is 1.30 bits per heavy atom. The van der Waals surface area contributed by atoms with Crippen molar-refractivity contribution in [1.82, 2.24) is 0 Å². The van der Waals surface area contributed by atoms with Crippen LogP contribution in [0.1, 0.15) is 12.8 Å². The van der Waals surface area contributed by atoms with E-state index in [2.05, 4.69) is 0 Å². The van der Waals surface area contributed by atoms with E-state index in [1.54, 1.807) is 0 Å². The molecular formula is C7H6O3. The molecule has 0 unspecified atom stereocenters. The SMILES string of the molecule is O=CC1=CC(=O)CC(=O)C1. The zero-order valence-corrected chi connectivity index (χ0v) is 5.29. The highest BCUT2D eigenvalue weighted by Gasteiger charge is 2.16. The van der Waals surface area contributed by atoms with Crippen LogP contribution in [0.5, 0.6) is 0 Å². The number of ketones is 2. The monoisotopic (exact) mass is 138 g/mol. The molecule has 10 heavy (non-hydrogen) atoms. The Hall–Kier alpha value is -1.25. The number of carbonyl (C=O) groups excluding carboxylic acids is 3. The Morgan fingerprint density at radius 2 is 2.00 bits per heavy atom. The minimum atomic E-state index is -0.265. The van der Waals surface area contributed by atoms with Gasteiger partial charge in [-0.3, -0.25) is 14.4 Å². The minimum absolute atomic E-state index is 0.0443. The molecule has 1 rings (SSSR count). The molecule has 0 spiro atoms. The summed E-state index contributed by atoms with van der Waals surface area (Å²) >= 11 is 0. The maximum Gasteiger partial charge on any atom is 0.163 e. The molecule has 0 aromatic heterocycles. The molecular weight excluding hydrogens is 132 g/mol. The van der Waals surface area contributed by atoms with Gasteiger partial charge in [0.1, 0.15) is 12.1 Å². The van der Waals surface area contributed by atoms with E-state index in [0.29, 0.717) is 11.9 Å². The molecule has 0 aliphatic heterocycles. The summed E-state index contributed by atoms with van der Waals surface area (Å²) in [5, 5.41) is 0. The van der Waals surface area contributed by atoms with E-state index >= 15 is 0 Å². The summed E-state index contributed by atoms with van der Waals surface area (Å²) in [6.07, 6.45) is 1.86. The van der Waals surface area contributed by atoms with Crippen molar-refractivity contribution in [1.29, 1.82) is 0 Å². The minimum Gasteiger partial charge on any atom is -0.299 e. The summed E-state index contributed by atoms with van der Waals surface area (Å²) in [5.74, 6) is -0.437. The molecule has 1 aliphatic carbocycles. The highest BCUT2D eigenvalue weighted by molar-refractivity contribution is 6.11. The van der Waals surface area contributed by atoms with E-state index in [1.807, 2.05) is 0 Å². The first-order valence-corrected chi connectivity index (χ1v) is 2.92. The molecule has 0 amide bonds. The van der Waals surface area contributed by atoms with Crippen molar-refractivity contribution in [3.8, 4) is 0 Å².